The van der Waals surface area contributed by atoms with Gasteiger partial charge in [0.25, 0.3) is 17.5 Å². The number of carbonyl (C=O) groups is 2. The number of unbranched alkanes of at least 4 members (excludes halogenated alkanes) is 3. The molecule has 170 valence electrons. The second-order valence-electron chi connectivity index (χ2n) is 7.32. The third-order valence-electron chi connectivity index (χ3n) is 5.06. The molecule has 0 aliphatic carbocycles. The molecule has 0 radical (unpaired) electrons. The highest BCUT2D eigenvalue weighted by atomic mass is 31.2. The predicted octanol–water partition coefficient (Wildman–Crippen LogP) is 5.06. The van der Waals surface area contributed by atoms with E-state index in [0.717, 1.165) is 12.8 Å². The van der Waals surface area contributed by atoms with E-state index in [0.29, 0.717) is 30.5 Å². The minimum absolute atomic E-state index is 0.0818. The van der Waals surface area contributed by atoms with Crippen molar-refractivity contribution in [2.24, 2.45) is 0 Å². The molecule has 32 heavy (non-hydrogen) atoms. The van der Waals surface area contributed by atoms with Gasteiger partial charge in [-0.05, 0) is 44.0 Å². The van der Waals surface area contributed by atoms with Gasteiger partial charge in [0.15, 0.2) is 0 Å². The SMILES string of the molecule is CCOP(=O)(CCCCCCN1C(=O)c2ccccc2C1=O)Oc1ccc([N+](=O)[O-])cc1. The van der Waals surface area contributed by atoms with Gasteiger partial charge in [0.1, 0.15) is 5.75 Å². The Hall–Kier alpha value is -3.03. The number of benzene rings is 2. The summed E-state index contributed by atoms with van der Waals surface area (Å²) in [5.41, 5.74) is 0.804. The number of non-ortho nitro benzene ring substituents is 1. The van der Waals surface area contributed by atoms with Gasteiger partial charge in [0.05, 0.1) is 28.8 Å². The molecule has 1 unspecified atom stereocenters. The summed E-state index contributed by atoms with van der Waals surface area (Å²) >= 11 is 0. The average Bonchev–Trinajstić information content (AvgIpc) is 3.01. The first-order valence-corrected chi connectivity index (χ1v) is 12.2. The lowest BCUT2D eigenvalue weighted by atomic mass is 10.1. The van der Waals surface area contributed by atoms with E-state index < -0.39 is 12.5 Å². The van der Waals surface area contributed by atoms with Crippen LogP contribution in [0.15, 0.2) is 48.5 Å². The summed E-state index contributed by atoms with van der Waals surface area (Å²) in [6, 6.07) is 12.1. The average molecular weight is 460 g/mol. The fraction of sp³-hybridized carbons (Fsp3) is 0.364. The molecule has 0 aromatic heterocycles. The zero-order valence-electron chi connectivity index (χ0n) is 17.8. The summed E-state index contributed by atoms with van der Waals surface area (Å²) in [7, 11) is -3.40. The van der Waals surface area contributed by atoms with Crippen LogP contribution in [0.1, 0.15) is 53.3 Å². The van der Waals surface area contributed by atoms with Crippen molar-refractivity contribution in [3.05, 3.63) is 69.8 Å². The van der Waals surface area contributed by atoms with Gasteiger partial charge in [-0.3, -0.25) is 24.6 Å². The van der Waals surface area contributed by atoms with Gasteiger partial charge in [-0.15, -0.1) is 0 Å². The summed E-state index contributed by atoms with van der Waals surface area (Å²) in [4.78, 5) is 36.2. The monoisotopic (exact) mass is 460 g/mol. The lowest BCUT2D eigenvalue weighted by molar-refractivity contribution is -0.384. The molecule has 3 rings (SSSR count). The minimum Gasteiger partial charge on any atom is -0.424 e. The Balaban J connectivity index is 1.44. The van der Waals surface area contributed by atoms with Crippen LogP contribution in [-0.4, -0.2) is 41.0 Å². The lowest BCUT2D eigenvalue weighted by Crippen LogP contribution is -2.30. The molecule has 0 saturated heterocycles. The van der Waals surface area contributed by atoms with E-state index in [-0.39, 0.29) is 36.0 Å². The van der Waals surface area contributed by atoms with Gasteiger partial charge in [-0.2, -0.15) is 0 Å². The summed E-state index contributed by atoms with van der Waals surface area (Å²) in [6.07, 6.45) is 2.89. The Morgan fingerprint density at radius 1 is 0.938 bits per heavy atom. The molecule has 9 nitrogen and oxygen atoms in total. The lowest BCUT2D eigenvalue weighted by Gasteiger charge is -2.19. The first kappa shape index (κ1) is 23.6. The van der Waals surface area contributed by atoms with Gasteiger partial charge in [-0.1, -0.05) is 25.0 Å². The third kappa shape index (κ3) is 5.60. The Bertz CT molecular complexity index is 1000. The van der Waals surface area contributed by atoms with E-state index in [1.54, 1.807) is 31.2 Å². The van der Waals surface area contributed by atoms with E-state index in [2.05, 4.69) is 0 Å². The van der Waals surface area contributed by atoms with Crippen molar-refractivity contribution < 1.29 is 28.1 Å². The van der Waals surface area contributed by atoms with Crippen LogP contribution in [0, 0.1) is 10.1 Å². The minimum atomic E-state index is -3.40. The number of nitro groups is 1. The number of fused-ring (bicyclic) bond motifs is 1. The van der Waals surface area contributed by atoms with Crippen molar-refractivity contribution >= 4 is 25.1 Å². The number of amides is 2. The molecule has 0 saturated carbocycles. The van der Waals surface area contributed by atoms with Crippen molar-refractivity contribution in [1.29, 1.82) is 0 Å². The Morgan fingerprint density at radius 3 is 2.09 bits per heavy atom. The van der Waals surface area contributed by atoms with Crippen LogP contribution in [0.2, 0.25) is 0 Å². The molecule has 1 heterocycles. The molecule has 1 atom stereocenters. The summed E-state index contributed by atoms with van der Waals surface area (Å²) < 4.78 is 23.9. The molecule has 10 heteroatoms. The standard InChI is InChI=1S/C22H25N2O7P/c1-2-30-32(29,31-18-13-11-17(12-14-18)24(27)28)16-8-4-3-7-15-23-21(25)19-9-5-6-10-20(19)22(23)26/h5-6,9-14H,2-4,7-8,15-16H2,1H3. The van der Waals surface area contributed by atoms with Crippen LogP contribution in [0.3, 0.4) is 0 Å². The van der Waals surface area contributed by atoms with E-state index >= 15 is 0 Å². The van der Waals surface area contributed by atoms with Gasteiger partial charge in [0, 0.05) is 18.7 Å². The van der Waals surface area contributed by atoms with E-state index in [1.807, 2.05) is 0 Å². The number of hydrogen-bond acceptors (Lipinski definition) is 7. The first-order valence-electron chi connectivity index (χ1n) is 10.5. The zero-order chi connectivity index (χ0) is 23.1. The second-order valence-corrected chi connectivity index (χ2v) is 9.43. The Labute approximate surface area is 186 Å². The number of carbonyl (C=O) groups excluding carboxylic acids is 2. The number of hydrogen-bond donors (Lipinski definition) is 0. The predicted molar refractivity (Wildman–Crippen MR) is 118 cm³/mol. The first-order chi connectivity index (χ1) is 15.3. The molecule has 0 N–H and O–H groups in total. The molecular formula is C22H25N2O7P. The molecule has 0 bridgehead atoms. The summed E-state index contributed by atoms with van der Waals surface area (Å²) in [6.45, 7) is 2.27. The van der Waals surface area contributed by atoms with Crippen molar-refractivity contribution in [3.63, 3.8) is 0 Å². The van der Waals surface area contributed by atoms with Gasteiger partial charge >= 0.3 is 7.60 Å². The maximum absolute atomic E-state index is 13.0. The molecule has 1 aliphatic rings. The summed E-state index contributed by atoms with van der Waals surface area (Å²) in [5, 5.41) is 10.8. The molecule has 2 amide bonds. The normalized spacial score (nSPS) is 14.8. The largest absolute Gasteiger partial charge is 0.424 e. The quantitative estimate of drug-likeness (QED) is 0.143. The Morgan fingerprint density at radius 2 is 1.53 bits per heavy atom. The smallest absolute Gasteiger partial charge is 0.379 e. The van der Waals surface area contributed by atoms with Gasteiger partial charge in [0.2, 0.25) is 0 Å². The highest BCUT2D eigenvalue weighted by molar-refractivity contribution is 7.54. The van der Waals surface area contributed by atoms with E-state index in [9.17, 15) is 24.3 Å². The second kappa shape index (κ2) is 10.5. The molecular weight excluding hydrogens is 435 g/mol. The summed E-state index contributed by atoms with van der Waals surface area (Å²) in [5.74, 6) is -0.274. The van der Waals surface area contributed by atoms with Crippen LogP contribution in [0.5, 0.6) is 5.75 Å². The maximum atomic E-state index is 13.0. The molecule has 2 aromatic carbocycles. The number of nitrogens with zero attached hydrogens (tertiary/aromatic N) is 2. The molecule has 0 spiro atoms. The van der Waals surface area contributed by atoms with E-state index in [4.69, 9.17) is 9.05 Å². The number of imide groups is 1. The zero-order valence-corrected chi connectivity index (χ0v) is 18.7. The molecule has 1 aliphatic heterocycles. The van der Waals surface area contributed by atoms with Crippen molar-refractivity contribution in [2.75, 3.05) is 19.3 Å². The number of rotatable bonds is 12. The van der Waals surface area contributed by atoms with Crippen molar-refractivity contribution in [2.45, 2.75) is 32.6 Å². The number of nitro benzene ring substituents is 1. The van der Waals surface area contributed by atoms with E-state index in [1.165, 1.54) is 29.2 Å². The van der Waals surface area contributed by atoms with Crippen LogP contribution in [0.25, 0.3) is 0 Å². The van der Waals surface area contributed by atoms with Crippen molar-refractivity contribution in [1.82, 2.24) is 4.90 Å². The third-order valence-corrected chi connectivity index (χ3v) is 7.06. The van der Waals surface area contributed by atoms with Crippen LogP contribution >= 0.6 is 7.60 Å². The molecule has 2 aromatic rings. The molecule has 0 fully saturated rings. The fourth-order valence-electron chi connectivity index (χ4n) is 3.49. The van der Waals surface area contributed by atoms with Crippen LogP contribution < -0.4 is 4.52 Å². The van der Waals surface area contributed by atoms with Crippen molar-refractivity contribution in [3.8, 4) is 5.75 Å². The van der Waals surface area contributed by atoms with Crippen LogP contribution in [0.4, 0.5) is 5.69 Å². The highest BCUT2D eigenvalue weighted by Gasteiger charge is 2.34. The topological polar surface area (TPSA) is 116 Å². The van der Waals surface area contributed by atoms with Gasteiger partial charge in [-0.25, -0.2) is 4.57 Å². The highest BCUT2D eigenvalue weighted by Crippen LogP contribution is 2.49. The van der Waals surface area contributed by atoms with Crippen LogP contribution in [-0.2, 0) is 9.09 Å². The van der Waals surface area contributed by atoms with Gasteiger partial charge < -0.3 is 9.05 Å². The maximum Gasteiger partial charge on any atom is 0.379 e. The fourth-order valence-corrected chi connectivity index (χ4v) is 5.21. The Kier molecular flexibility index (Phi) is 7.77.